The molecular formula is C16H26N2O. The highest BCUT2D eigenvalue weighted by molar-refractivity contribution is 5.81. The van der Waals surface area contributed by atoms with E-state index in [1.807, 2.05) is 7.05 Å². The Labute approximate surface area is 116 Å². The average Bonchev–Trinajstić information content (AvgIpc) is 2.31. The SMILES string of the molecule is Cc1ccc(C)c(CN(C)C(=O)C(N)CC(C)C)c1. The lowest BCUT2D eigenvalue weighted by Crippen LogP contribution is -2.42. The fourth-order valence-electron chi connectivity index (χ4n) is 2.20. The first-order valence-corrected chi connectivity index (χ1v) is 6.88. The standard InChI is InChI=1S/C16H26N2O/c1-11(2)8-15(17)16(19)18(5)10-14-9-12(3)6-7-13(14)4/h6-7,9,11,15H,8,10,17H2,1-5H3. The van der Waals surface area contributed by atoms with Crippen molar-refractivity contribution in [1.29, 1.82) is 0 Å². The second kappa shape index (κ2) is 6.71. The fourth-order valence-corrected chi connectivity index (χ4v) is 2.20. The number of hydrogen-bond acceptors (Lipinski definition) is 2. The summed E-state index contributed by atoms with van der Waals surface area (Å²) in [6.07, 6.45) is 0.732. The van der Waals surface area contributed by atoms with E-state index in [-0.39, 0.29) is 5.91 Å². The molecule has 0 heterocycles. The van der Waals surface area contributed by atoms with Crippen LogP contribution in [0, 0.1) is 19.8 Å². The van der Waals surface area contributed by atoms with Crippen LogP contribution in [0.15, 0.2) is 18.2 Å². The number of nitrogens with zero attached hydrogens (tertiary/aromatic N) is 1. The summed E-state index contributed by atoms with van der Waals surface area (Å²) >= 11 is 0. The minimum Gasteiger partial charge on any atom is -0.340 e. The van der Waals surface area contributed by atoms with E-state index in [2.05, 4.69) is 45.9 Å². The maximum Gasteiger partial charge on any atom is 0.239 e. The minimum atomic E-state index is -0.393. The molecule has 1 atom stereocenters. The Morgan fingerprint density at radius 3 is 2.53 bits per heavy atom. The number of amides is 1. The van der Waals surface area contributed by atoms with Crippen LogP contribution in [0.2, 0.25) is 0 Å². The van der Waals surface area contributed by atoms with Crippen LogP contribution in [-0.4, -0.2) is 23.9 Å². The van der Waals surface area contributed by atoms with E-state index in [4.69, 9.17) is 5.73 Å². The van der Waals surface area contributed by atoms with Gasteiger partial charge in [-0.05, 0) is 37.3 Å². The van der Waals surface area contributed by atoms with Gasteiger partial charge in [-0.3, -0.25) is 4.79 Å². The molecule has 0 saturated carbocycles. The van der Waals surface area contributed by atoms with Crippen LogP contribution in [0.4, 0.5) is 0 Å². The summed E-state index contributed by atoms with van der Waals surface area (Å²) in [5, 5.41) is 0. The third-order valence-electron chi connectivity index (χ3n) is 3.33. The monoisotopic (exact) mass is 262 g/mol. The Morgan fingerprint density at radius 2 is 1.95 bits per heavy atom. The fraction of sp³-hybridized carbons (Fsp3) is 0.562. The summed E-state index contributed by atoms with van der Waals surface area (Å²) in [7, 11) is 1.82. The van der Waals surface area contributed by atoms with Gasteiger partial charge >= 0.3 is 0 Å². The zero-order valence-corrected chi connectivity index (χ0v) is 12.7. The van der Waals surface area contributed by atoms with Crippen molar-refractivity contribution in [2.45, 2.75) is 46.7 Å². The van der Waals surface area contributed by atoms with Crippen molar-refractivity contribution in [3.63, 3.8) is 0 Å². The topological polar surface area (TPSA) is 46.3 Å². The predicted octanol–water partition coefficient (Wildman–Crippen LogP) is 2.64. The first-order chi connectivity index (χ1) is 8.81. The van der Waals surface area contributed by atoms with Crippen LogP contribution in [0.25, 0.3) is 0 Å². The summed E-state index contributed by atoms with van der Waals surface area (Å²) in [5.74, 6) is 0.461. The molecule has 0 aliphatic heterocycles. The lowest BCUT2D eigenvalue weighted by Gasteiger charge is -2.23. The van der Waals surface area contributed by atoms with E-state index < -0.39 is 6.04 Å². The summed E-state index contributed by atoms with van der Waals surface area (Å²) in [4.78, 5) is 13.9. The van der Waals surface area contributed by atoms with Crippen molar-refractivity contribution >= 4 is 5.91 Å². The summed E-state index contributed by atoms with van der Waals surface area (Å²) < 4.78 is 0. The second-order valence-electron chi connectivity index (χ2n) is 5.86. The molecule has 0 spiro atoms. The molecule has 0 aliphatic carbocycles. The number of hydrogen-bond donors (Lipinski definition) is 1. The molecule has 0 aliphatic rings. The molecule has 0 bridgehead atoms. The quantitative estimate of drug-likeness (QED) is 0.886. The molecule has 0 radical (unpaired) electrons. The Hall–Kier alpha value is -1.35. The molecule has 19 heavy (non-hydrogen) atoms. The number of likely N-dealkylation sites (N-methyl/N-ethyl adjacent to an activating group) is 1. The number of aryl methyl sites for hydroxylation is 2. The molecular weight excluding hydrogens is 236 g/mol. The molecule has 1 aromatic rings. The Balaban J connectivity index is 2.71. The Morgan fingerprint density at radius 1 is 1.32 bits per heavy atom. The van der Waals surface area contributed by atoms with Gasteiger partial charge in [0.15, 0.2) is 0 Å². The summed E-state index contributed by atoms with van der Waals surface area (Å²) in [6, 6.07) is 5.92. The van der Waals surface area contributed by atoms with Gasteiger partial charge in [0.25, 0.3) is 0 Å². The van der Waals surface area contributed by atoms with Crippen LogP contribution in [0.3, 0.4) is 0 Å². The maximum atomic E-state index is 12.2. The summed E-state index contributed by atoms with van der Waals surface area (Å²) in [6.45, 7) is 8.92. The van der Waals surface area contributed by atoms with Crippen LogP contribution >= 0.6 is 0 Å². The molecule has 0 fully saturated rings. The van der Waals surface area contributed by atoms with Crippen molar-refractivity contribution in [2.75, 3.05) is 7.05 Å². The number of nitrogens with two attached hydrogens (primary N) is 1. The van der Waals surface area contributed by atoms with Crippen molar-refractivity contribution in [3.8, 4) is 0 Å². The van der Waals surface area contributed by atoms with E-state index in [9.17, 15) is 4.79 Å². The molecule has 106 valence electrons. The normalized spacial score (nSPS) is 12.6. The van der Waals surface area contributed by atoms with Crippen molar-refractivity contribution < 1.29 is 4.79 Å². The first-order valence-electron chi connectivity index (χ1n) is 6.88. The van der Waals surface area contributed by atoms with Crippen molar-refractivity contribution in [1.82, 2.24) is 4.90 Å². The molecule has 3 nitrogen and oxygen atoms in total. The van der Waals surface area contributed by atoms with Crippen molar-refractivity contribution in [2.24, 2.45) is 11.7 Å². The van der Waals surface area contributed by atoms with Gasteiger partial charge in [-0.15, -0.1) is 0 Å². The van der Waals surface area contributed by atoms with Gasteiger partial charge in [-0.2, -0.15) is 0 Å². The Bertz CT molecular complexity index is 440. The minimum absolute atomic E-state index is 0.0228. The van der Waals surface area contributed by atoms with Gasteiger partial charge in [-0.1, -0.05) is 37.6 Å². The number of carbonyl (C=O) groups excluding carboxylic acids is 1. The van der Waals surface area contributed by atoms with Crippen LogP contribution < -0.4 is 5.73 Å². The molecule has 3 heteroatoms. The lowest BCUT2D eigenvalue weighted by atomic mass is 10.0. The molecule has 1 aromatic carbocycles. The van der Waals surface area contributed by atoms with Gasteiger partial charge < -0.3 is 10.6 Å². The zero-order valence-electron chi connectivity index (χ0n) is 12.7. The smallest absolute Gasteiger partial charge is 0.239 e. The lowest BCUT2D eigenvalue weighted by molar-refractivity contribution is -0.132. The van der Waals surface area contributed by atoms with Gasteiger partial charge in [0.2, 0.25) is 5.91 Å². The third-order valence-corrected chi connectivity index (χ3v) is 3.33. The molecule has 1 amide bonds. The number of carbonyl (C=O) groups is 1. The molecule has 1 rings (SSSR count). The van der Waals surface area contributed by atoms with Crippen LogP contribution in [0.5, 0.6) is 0 Å². The van der Waals surface area contributed by atoms with Gasteiger partial charge in [-0.25, -0.2) is 0 Å². The highest BCUT2D eigenvalue weighted by atomic mass is 16.2. The maximum absolute atomic E-state index is 12.2. The second-order valence-corrected chi connectivity index (χ2v) is 5.86. The molecule has 0 aromatic heterocycles. The van der Waals surface area contributed by atoms with Gasteiger partial charge in [0.1, 0.15) is 0 Å². The van der Waals surface area contributed by atoms with E-state index in [1.54, 1.807) is 4.90 Å². The van der Waals surface area contributed by atoms with Gasteiger partial charge in [0, 0.05) is 13.6 Å². The number of rotatable bonds is 5. The van der Waals surface area contributed by atoms with E-state index >= 15 is 0 Å². The zero-order chi connectivity index (χ0) is 14.6. The van der Waals surface area contributed by atoms with Gasteiger partial charge in [0.05, 0.1) is 6.04 Å². The van der Waals surface area contributed by atoms with E-state index in [0.29, 0.717) is 12.5 Å². The summed E-state index contributed by atoms with van der Waals surface area (Å²) in [5.41, 5.74) is 9.56. The highest BCUT2D eigenvalue weighted by Gasteiger charge is 2.19. The average molecular weight is 262 g/mol. The third kappa shape index (κ3) is 4.67. The first kappa shape index (κ1) is 15.7. The van der Waals surface area contributed by atoms with Crippen LogP contribution in [0.1, 0.15) is 37.0 Å². The van der Waals surface area contributed by atoms with E-state index in [0.717, 1.165) is 6.42 Å². The largest absolute Gasteiger partial charge is 0.340 e. The van der Waals surface area contributed by atoms with Crippen molar-refractivity contribution in [3.05, 3.63) is 34.9 Å². The van der Waals surface area contributed by atoms with Crippen LogP contribution in [-0.2, 0) is 11.3 Å². The molecule has 0 saturated heterocycles. The Kier molecular flexibility index (Phi) is 5.55. The van der Waals surface area contributed by atoms with E-state index in [1.165, 1.54) is 16.7 Å². The number of benzene rings is 1. The predicted molar refractivity (Wildman–Crippen MR) is 79.8 cm³/mol. The molecule has 2 N–H and O–H groups in total. The highest BCUT2D eigenvalue weighted by Crippen LogP contribution is 2.14. The molecule has 1 unspecified atom stereocenters.